The summed E-state index contributed by atoms with van der Waals surface area (Å²) in [6, 6.07) is 0. The number of aliphatic imine (C=N–C) groups is 1. The van der Waals surface area contributed by atoms with Crippen LogP contribution >= 0.6 is 0 Å². The van der Waals surface area contributed by atoms with Gasteiger partial charge in [-0.15, -0.1) is 0 Å². The Morgan fingerprint density at radius 2 is 2.17 bits per heavy atom. The third-order valence-corrected chi connectivity index (χ3v) is 1.48. The SMILES string of the molecule is C/C=C/C(C)/C=C(C)\N=C/CC. The first-order valence-corrected chi connectivity index (χ1v) is 4.54. The quantitative estimate of drug-likeness (QED) is 0.446. The van der Waals surface area contributed by atoms with Crippen molar-refractivity contribution in [2.45, 2.75) is 34.1 Å². The lowest BCUT2D eigenvalue weighted by Gasteiger charge is -1.98. The molecule has 0 spiro atoms. The summed E-state index contributed by atoms with van der Waals surface area (Å²) >= 11 is 0. The fraction of sp³-hybridized carbons (Fsp3) is 0.545. The summed E-state index contributed by atoms with van der Waals surface area (Å²) in [7, 11) is 0. The zero-order valence-corrected chi connectivity index (χ0v) is 8.54. The summed E-state index contributed by atoms with van der Waals surface area (Å²) < 4.78 is 0. The van der Waals surface area contributed by atoms with Gasteiger partial charge in [0.1, 0.15) is 0 Å². The van der Waals surface area contributed by atoms with Crippen LogP contribution in [0.2, 0.25) is 0 Å². The molecule has 1 unspecified atom stereocenters. The van der Waals surface area contributed by atoms with Gasteiger partial charge in [0.2, 0.25) is 0 Å². The molecule has 0 radical (unpaired) electrons. The van der Waals surface area contributed by atoms with E-state index in [-0.39, 0.29) is 0 Å². The normalized spacial score (nSPS) is 16.2. The lowest BCUT2D eigenvalue weighted by Crippen LogP contribution is -1.84. The predicted molar refractivity (Wildman–Crippen MR) is 56.5 cm³/mol. The molecule has 1 atom stereocenters. The fourth-order valence-electron chi connectivity index (χ4n) is 1.02. The van der Waals surface area contributed by atoms with Gasteiger partial charge in [-0.25, -0.2) is 0 Å². The second kappa shape index (κ2) is 6.84. The van der Waals surface area contributed by atoms with Crippen molar-refractivity contribution in [3.8, 4) is 0 Å². The molecule has 12 heavy (non-hydrogen) atoms. The molecule has 1 heteroatoms. The first-order chi connectivity index (χ1) is 5.70. The first-order valence-electron chi connectivity index (χ1n) is 4.54. The predicted octanol–water partition coefficient (Wildman–Crippen LogP) is 3.58. The molecule has 0 aromatic carbocycles. The van der Waals surface area contributed by atoms with Crippen LogP contribution in [-0.2, 0) is 0 Å². The molecule has 0 saturated carbocycles. The van der Waals surface area contributed by atoms with Gasteiger partial charge in [-0.1, -0.05) is 32.1 Å². The highest BCUT2D eigenvalue weighted by Crippen LogP contribution is 2.04. The van der Waals surface area contributed by atoms with Crippen molar-refractivity contribution in [1.29, 1.82) is 0 Å². The molecule has 1 nitrogen and oxygen atoms in total. The molecule has 0 aliphatic heterocycles. The molecular formula is C11H19N. The van der Waals surface area contributed by atoms with Crippen LogP contribution in [0.25, 0.3) is 0 Å². The average molecular weight is 165 g/mol. The highest BCUT2D eigenvalue weighted by molar-refractivity contribution is 5.58. The summed E-state index contributed by atoms with van der Waals surface area (Å²) in [5.41, 5.74) is 1.10. The van der Waals surface area contributed by atoms with E-state index in [1.54, 1.807) is 0 Å². The van der Waals surface area contributed by atoms with Crippen LogP contribution in [0, 0.1) is 5.92 Å². The van der Waals surface area contributed by atoms with Gasteiger partial charge in [0.25, 0.3) is 0 Å². The van der Waals surface area contributed by atoms with Crippen molar-refractivity contribution in [3.05, 3.63) is 23.9 Å². The third-order valence-electron chi connectivity index (χ3n) is 1.48. The molecule has 0 aromatic heterocycles. The van der Waals surface area contributed by atoms with Gasteiger partial charge in [0.15, 0.2) is 0 Å². The monoisotopic (exact) mass is 165 g/mol. The zero-order chi connectivity index (χ0) is 9.40. The van der Waals surface area contributed by atoms with E-state index < -0.39 is 0 Å². The van der Waals surface area contributed by atoms with Crippen LogP contribution in [0.1, 0.15) is 34.1 Å². The Bertz CT molecular complexity index is 187. The molecule has 0 aliphatic carbocycles. The van der Waals surface area contributed by atoms with Crippen molar-refractivity contribution in [1.82, 2.24) is 0 Å². The van der Waals surface area contributed by atoms with Crippen LogP contribution < -0.4 is 0 Å². The van der Waals surface area contributed by atoms with Crippen molar-refractivity contribution in [2.24, 2.45) is 10.9 Å². The molecule has 0 heterocycles. The smallest absolute Gasteiger partial charge is 0.0334 e. The largest absolute Gasteiger partial charge is 0.266 e. The molecule has 0 amide bonds. The van der Waals surface area contributed by atoms with Crippen molar-refractivity contribution < 1.29 is 0 Å². The summed E-state index contributed by atoms with van der Waals surface area (Å²) in [4.78, 5) is 4.27. The molecule has 0 rings (SSSR count). The highest BCUT2D eigenvalue weighted by Gasteiger charge is 1.90. The van der Waals surface area contributed by atoms with E-state index in [0.29, 0.717) is 5.92 Å². The number of allylic oxidation sites excluding steroid dienone is 4. The summed E-state index contributed by atoms with van der Waals surface area (Å²) in [6.45, 7) is 8.32. The van der Waals surface area contributed by atoms with Gasteiger partial charge in [0.05, 0.1) is 0 Å². The first kappa shape index (κ1) is 11.2. The van der Waals surface area contributed by atoms with Gasteiger partial charge in [-0.2, -0.15) is 0 Å². The third kappa shape index (κ3) is 5.90. The number of rotatable bonds is 4. The van der Waals surface area contributed by atoms with E-state index in [1.165, 1.54) is 0 Å². The Hall–Kier alpha value is -0.850. The second-order valence-corrected chi connectivity index (χ2v) is 2.91. The van der Waals surface area contributed by atoms with Crippen LogP contribution in [-0.4, -0.2) is 6.21 Å². The maximum Gasteiger partial charge on any atom is 0.0334 e. The molecule has 0 bridgehead atoms. The zero-order valence-electron chi connectivity index (χ0n) is 8.54. The second-order valence-electron chi connectivity index (χ2n) is 2.91. The number of hydrogen-bond donors (Lipinski definition) is 0. The fourth-order valence-corrected chi connectivity index (χ4v) is 1.02. The molecule has 0 N–H and O–H groups in total. The summed E-state index contributed by atoms with van der Waals surface area (Å²) in [5.74, 6) is 0.490. The number of hydrogen-bond acceptors (Lipinski definition) is 1. The van der Waals surface area contributed by atoms with E-state index in [0.717, 1.165) is 12.1 Å². The average Bonchev–Trinajstić information content (AvgIpc) is 2.01. The maximum atomic E-state index is 4.27. The van der Waals surface area contributed by atoms with E-state index in [9.17, 15) is 0 Å². The van der Waals surface area contributed by atoms with E-state index in [1.807, 2.05) is 20.1 Å². The van der Waals surface area contributed by atoms with Crippen molar-refractivity contribution in [3.63, 3.8) is 0 Å². The van der Waals surface area contributed by atoms with Gasteiger partial charge in [-0.05, 0) is 26.2 Å². The van der Waals surface area contributed by atoms with Crippen LogP contribution in [0.4, 0.5) is 0 Å². The minimum absolute atomic E-state index is 0.490. The van der Waals surface area contributed by atoms with Gasteiger partial charge in [-0.3, -0.25) is 4.99 Å². The van der Waals surface area contributed by atoms with E-state index in [4.69, 9.17) is 0 Å². The molecule has 0 saturated heterocycles. The van der Waals surface area contributed by atoms with E-state index >= 15 is 0 Å². The molecule has 0 aliphatic rings. The Labute approximate surface area is 75.9 Å². The van der Waals surface area contributed by atoms with Crippen LogP contribution in [0.3, 0.4) is 0 Å². The molecule has 0 fully saturated rings. The molecular weight excluding hydrogens is 146 g/mol. The van der Waals surface area contributed by atoms with E-state index in [2.05, 4.69) is 37.1 Å². The maximum absolute atomic E-state index is 4.27. The van der Waals surface area contributed by atoms with Gasteiger partial charge >= 0.3 is 0 Å². The van der Waals surface area contributed by atoms with Crippen molar-refractivity contribution >= 4 is 6.21 Å². The standard InChI is InChI=1S/C11H19N/c1-5-7-10(3)9-11(4)12-8-6-2/h5,7-10H,6H2,1-4H3/b7-5+,11-9-,12-8-. The lowest BCUT2D eigenvalue weighted by molar-refractivity contribution is 0.919. The Morgan fingerprint density at radius 1 is 1.50 bits per heavy atom. The Balaban J connectivity index is 4.05. The Morgan fingerprint density at radius 3 is 2.67 bits per heavy atom. The molecule has 0 aromatic rings. The van der Waals surface area contributed by atoms with Gasteiger partial charge < -0.3 is 0 Å². The Kier molecular flexibility index (Phi) is 6.35. The lowest BCUT2D eigenvalue weighted by atomic mass is 10.1. The minimum Gasteiger partial charge on any atom is -0.266 e. The number of nitrogens with zero attached hydrogens (tertiary/aromatic N) is 1. The topological polar surface area (TPSA) is 12.4 Å². The molecule has 68 valence electrons. The minimum atomic E-state index is 0.490. The summed E-state index contributed by atoms with van der Waals surface area (Å²) in [6.07, 6.45) is 9.33. The summed E-state index contributed by atoms with van der Waals surface area (Å²) in [5, 5.41) is 0. The van der Waals surface area contributed by atoms with Crippen LogP contribution in [0.5, 0.6) is 0 Å². The van der Waals surface area contributed by atoms with Crippen LogP contribution in [0.15, 0.2) is 28.9 Å². The van der Waals surface area contributed by atoms with Gasteiger partial charge in [0, 0.05) is 11.9 Å². The highest BCUT2D eigenvalue weighted by atomic mass is 14.7. The van der Waals surface area contributed by atoms with Crippen molar-refractivity contribution in [2.75, 3.05) is 0 Å².